The monoisotopic (exact) mass is 773 g/mol. The second-order valence-electron chi connectivity index (χ2n) is 13.1. The van der Waals surface area contributed by atoms with Gasteiger partial charge in [0.25, 0.3) is 0 Å². The van der Waals surface area contributed by atoms with Crippen molar-refractivity contribution in [2.45, 2.75) is 113 Å². The summed E-state index contributed by atoms with van der Waals surface area (Å²) in [6.07, 6.45) is 6.01. The van der Waals surface area contributed by atoms with E-state index in [0.717, 1.165) is 49.1 Å². The quantitative estimate of drug-likeness (QED) is 0.0886. The van der Waals surface area contributed by atoms with Gasteiger partial charge >= 0.3 is 0 Å². The summed E-state index contributed by atoms with van der Waals surface area (Å²) in [6.45, 7) is 21.6. The van der Waals surface area contributed by atoms with Gasteiger partial charge in [-0.05, 0) is 78.1 Å². The zero-order valence-electron chi connectivity index (χ0n) is 28.7. The summed E-state index contributed by atoms with van der Waals surface area (Å²) in [5.41, 5.74) is 8.62. The minimum absolute atomic E-state index is 0. The van der Waals surface area contributed by atoms with E-state index >= 15 is 0 Å². The van der Waals surface area contributed by atoms with Crippen molar-refractivity contribution >= 4 is 28.0 Å². The summed E-state index contributed by atoms with van der Waals surface area (Å²) in [4.78, 5) is 16.8. The Bertz CT molecular complexity index is 1430. The predicted octanol–water partition coefficient (Wildman–Crippen LogP) is 11.4. The molecule has 3 nitrogen and oxygen atoms in total. The van der Waals surface area contributed by atoms with Crippen LogP contribution in [-0.4, -0.2) is 16.6 Å². The summed E-state index contributed by atoms with van der Waals surface area (Å²) >= 11 is 0. The molecule has 3 aromatic rings. The maximum absolute atomic E-state index is 11.7. The smallest absolute Gasteiger partial charge is 0.162 e. The molecule has 1 N–H and O–H groups in total. The summed E-state index contributed by atoms with van der Waals surface area (Å²) in [5, 5.41) is 12.4. The Morgan fingerprint density at radius 3 is 2.05 bits per heavy atom. The largest absolute Gasteiger partial charge is 0.512 e. The Balaban J connectivity index is 0.000000363. The number of allylic oxidation sites excluding steroid dienone is 2. The van der Waals surface area contributed by atoms with Crippen LogP contribution in [0.25, 0.3) is 10.8 Å². The first-order valence-electron chi connectivity index (χ1n) is 16.6. The van der Waals surface area contributed by atoms with Crippen LogP contribution in [0, 0.1) is 23.8 Å². The van der Waals surface area contributed by atoms with Crippen LogP contribution in [0.15, 0.2) is 59.3 Å². The first kappa shape index (κ1) is 37.6. The molecule has 4 heteroatoms. The number of benzene rings is 3. The number of aliphatic hydroxyl groups is 1. The second-order valence-corrected chi connectivity index (χ2v) is 13.1. The van der Waals surface area contributed by atoms with Crippen molar-refractivity contribution in [2.75, 3.05) is 0 Å². The average Bonchev–Trinajstić information content (AvgIpc) is 3.35. The second kappa shape index (κ2) is 17.2. The van der Waals surface area contributed by atoms with E-state index in [1.807, 2.05) is 27.7 Å². The molecule has 0 aromatic heterocycles. The van der Waals surface area contributed by atoms with Gasteiger partial charge in [-0.1, -0.05) is 93.5 Å². The van der Waals surface area contributed by atoms with Crippen LogP contribution < -0.4 is 0 Å². The minimum Gasteiger partial charge on any atom is -0.512 e. The third kappa shape index (κ3) is 9.01. The van der Waals surface area contributed by atoms with E-state index in [4.69, 9.17) is 4.99 Å². The molecular formula is C40H54IrNO2-. The maximum Gasteiger partial charge on any atom is 0.162 e. The number of aliphatic hydroxyl groups excluding tert-OH is 1. The molecule has 0 aliphatic carbocycles. The van der Waals surface area contributed by atoms with Crippen LogP contribution >= 0.6 is 0 Å². The molecule has 0 atom stereocenters. The predicted molar refractivity (Wildman–Crippen MR) is 185 cm³/mol. The summed E-state index contributed by atoms with van der Waals surface area (Å²) in [7, 11) is 0. The molecule has 4 rings (SSSR count). The number of aliphatic imine (C=N–C) groups is 1. The number of ketones is 1. The molecule has 44 heavy (non-hydrogen) atoms. The number of rotatable bonds is 12. The van der Waals surface area contributed by atoms with Gasteiger partial charge in [0.1, 0.15) is 0 Å². The number of nitrogens with zero attached hydrogens (tertiary/aromatic N) is 1. The zero-order chi connectivity index (χ0) is 31.8. The van der Waals surface area contributed by atoms with Crippen molar-refractivity contribution in [1.29, 1.82) is 0 Å². The van der Waals surface area contributed by atoms with Crippen LogP contribution in [0.1, 0.15) is 135 Å². The van der Waals surface area contributed by atoms with Gasteiger partial charge in [-0.3, -0.25) is 9.79 Å². The van der Waals surface area contributed by atoms with Gasteiger partial charge in [-0.2, -0.15) is 0 Å². The van der Waals surface area contributed by atoms with E-state index < -0.39 is 0 Å². The topological polar surface area (TPSA) is 49.7 Å². The molecule has 1 heterocycles. The van der Waals surface area contributed by atoms with E-state index in [2.05, 4.69) is 90.1 Å². The third-order valence-corrected chi connectivity index (χ3v) is 8.76. The first-order chi connectivity index (χ1) is 20.4. The fourth-order valence-electron chi connectivity index (χ4n) is 5.91. The fraction of sp³-hybridized carbons (Fsp3) is 0.500. The zero-order valence-corrected chi connectivity index (χ0v) is 31.1. The first-order valence-corrected chi connectivity index (χ1v) is 16.6. The number of carbonyl (C=O) groups excluding carboxylic acids is 1. The van der Waals surface area contributed by atoms with Crippen LogP contribution in [0.4, 0.5) is 5.69 Å². The molecule has 3 aromatic carbocycles. The van der Waals surface area contributed by atoms with Crippen molar-refractivity contribution in [2.24, 2.45) is 22.7 Å². The van der Waals surface area contributed by atoms with Crippen molar-refractivity contribution in [3.05, 3.63) is 88.2 Å². The van der Waals surface area contributed by atoms with Gasteiger partial charge in [0.15, 0.2) is 5.78 Å². The van der Waals surface area contributed by atoms with Crippen LogP contribution in [-0.2, 0) is 31.3 Å². The molecule has 1 aliphatic heterocycles. The van der Waals surface area contributed by atoms with Gasteiger partial charge in [0.05, 0.1) is 11.4 Å². The molecule has 0 saturated carbocycles. The Labute approximate surface area is 281 Å². The van der Waals surface area contributed by atoms with E-state index in [9.17, 15) is 9.90 Å². The Morgan fingerprint density at radius 1 is 0.864 bits per heavy atom. The Kier molecular flexibility index (Phi) is 14.7. The molecule has 0 fully saturated rings. The summed E-state index contributed by atoms with van der Waals surface area (Å²) < 4.78 is 0. The molecule has 0 bridgehead atoms. The molecule has 0 amide bonds. The van der Waals surface area contributed by atoms with Crippen molar-refractivity contribution in [3.63, 3.8) is 0 Å². The van der Waals surface area contributed by atoms with Crippen molar-refractivity contribution < 1.29 is 30.0 Å². The van der Waals surface area contributed by atoms with E-state index in [-0.39, 0.29) is 43.5 Å². The maximum atomic E-state index is 11.7. The molecule has 0 unspecified atom stereocenters. The van der Waals surface area contributed by atoms with Crippen LogP contribution in [0.5, 0.6) is 0 Å². The summed E-state index contributed by atoms with van der Waals surface area (Å²) in [5.74, 6) is 2.13. The number of hydrogen-bond donors (Lipinski definition) is 1. The van der Waals surface area contributed by atoms with Gasteiger partial charge in [-0.15, -0.1) is 34.9 Å². The van der Waals surface area contributed by atoms with Gasteiger partial charge in [0, 0.05) is 43.4 Å². The summed E-state index contributed by atoms with van der Waals surface area (Å²) in [6, 6.07) is 19.4. The molecule has 1 radical (unpaired) electrons. The van der Waals surface area contributed by atoms with Gasteiger partial charge in [0.2, 0.25) is 0 Å². The minimum atomic E-state index is 0. The number of hydrogen-bond acceptors (Lipinski definition) is 3. The Hall–Kier alpha value is -2.55. The Morgan fingerprint density at radius 2 is 1.50 bits per heavy atom. The normalized spacial score (nSPS) is 12.7. The van der Waals surface area contributed by atoms with E-state index in [0.29, 0.717) is 17.8 Å². The average molecular weight is 773 g/mol. The van der Waals surface area contributed by atoms with E-state index in [1.54, 1.807) is 0 Å². The molecular weight excluding hydrogens is 719 g/mol. The molecule has 241 valence electrons. The van der Waals surface area contributed by atoms with Crippen molar-refractivity contribution in [3.8, 4) is 0 Å². The third-order valence-electron chi connectivity index (χ3n) is 8.76. The van der Waals surface area contributed by atoms with Crippen LogP contribution in [0.3, 0.4) is 0 Å². The van der Waals surface area contributed by atoms with Crippen molar-refractivity contribution in [1.82, 2.24) is 0 Å². The number of carbonyl (C=O) groups is 1. The fourth-order valence-corrected chi connectivity index (χ4v) is 5.91. The van der Waals surface area contributed by atoms with Gasteiger partial charge in [-0.25, -0.2) is 0 Å². The molecule has 0 spiro atoms. The molecule has 0 saturated heterocycles. The molecule has 1 aliphatic rings. The standard InChI is InChI=1S/C27H30N.C13H24O2.Ir/c1-16(2)12-19-10-11-25-26-23(19)8-7-9-24(26)27(28-25)22-14-20(17(3)4)13-21(15-22)18(5)6;1-5-10(6-2)12(14)9-13(15)11(7-3)8-4;/h7-11,13-14,16-18H,12H2,1-6H3;9-11,14H,5-8H2,1-4H3;/q-1;;/b;12-9-;. The SMILES string of the molecule is CC(C)Cc1ccc2c3c(cccc13)C(c1[c-]c(C(C)C)cc(C(C)C)c1)=N2.CCC(CC)C(=O)/C=C(\O)C(CC)CC.[Ir]. The van der Waals surface area contributed by atoms with E-state index in [1.165, 1.54) is 39.1 Å². The van der Waals surface area contributed by atoms with Crippen LogP contribution in [0.2, 0.25) is 0 Å². The van der Waals surface area contributed by atoms with Gasteiger partial charge < -0.3 is 5.11 Å².